The summed E-state index contributed by atoms with van der Waals surface area (Å²) in [7, 11) is 0. The molecule has 1 heterocycles. The van der Waals surface area contributed by atoms with Crippen molar-refractivity contribution in [1.29, 1.82) is 0 Å². The number of hydrogen-bond donors (Lipinski definition) is 1. The Balaban J connectivity index is 1.32. The molecule has 2 aromatic rings. The Hall–Kier alpha value is -1.65. The van der Waals surface area contributed by atoms with E-state index in [-0.39, 0.29) is 17.1 Å². The Bertz CT molecular complexity index is 918. The maximum Gasteiger partial charge on any atom is 0.223 e. The Kier molecular flexibility index (Phi) is 4.40. The molecule has 4 aliphatic carbocycles. The average Bonchev–Trinajstić information content (AvgIpc) is 3.15. The number of amides is 1. The van der Waals surface area contributed by atoms with Crippen LogP contribution in [0.2, 0.25) is 5.02 Å². The molecule has 4 bridgehead atoms. The summed E-state index contributed by atoms with van der Waals surface area (Å²) in [6.07, 6.45) is 5.72. The molecule has 1 aromatic heterocycles. The summed E-state index contributed by atoms with van der Waals surface area (Å²) in [5.41, 5.74) is 6.60. The average molecular weight is 414 g/mol. The van der Waals surface area contributed by atoms with Crippen molar-refractivity contribution in [2.45, 2.75) is 38.5 Å². The van der Waals surface area contributed by atoms with E-state index in [1.807, 2.05) is 36.4 Å². The van der Waals surface area contributed by atoms with Gasteiger partial charge >= 0.3 is 0 Å². The lowest BCUT2D eigenvalue weighted by molar-refractivity contribution is -0.149. The largest absolute Gasteiger partial charge is 0.369 e. The van der Waals surface area contributed by atoms with Crippen molar-refractivity contribution in [3.8, 4) is 10.4 Å². The number of carbonyl (C=O) groups excluding carboxylic acids is 2. The van der Waals surface area contributed by atoms with Crippen molar-refractivity contribution in [3.63, 3.8) is 0 Å². The topological polar surface area (TPSA) is 60.2 Å². The van der Waals surface area contributed by atoms with Crippen LogP contribution in [0.5, 0.6) is 0 Å². The first-order chi connectivity index (χ1) is 13.4. The van der Waals surface area contributed by atoms with E-state index >= 15 is 0 Å². The molecule has 0 saturated heterocycles. The van der Waals surface area contributed by atoms with Crippen LogP contribution in [0.4, 0.5) is 0 Å². The number of halogens is 1. The highest BCUT2D eigenvalue weighted by molar-refractivity contribution is 7.17. The molecular formula is C23H24ClNO2S. The molecule has 4 saturated carbocycles. The Labute approximate surface area is 174 Å². The predicted octanol–water partition coefficient (Wildman–Crippen LogP) is 5.57. The fourth-order valence-corrected chi connectivity index (χ4v) is 7.42. The number of primary amides is 1. The molecule has 2 atom stereocenters. The molecule has 1 aromatic carbocycles. The summed E-state index contributed by atoms with van der Waals surface area (Å²) in [6.45, 7) is 0. The third-order valence-electron chi connectivity index (χ3n) is 7.42. The van der Waals surface area contributed by atoms with Gasteiger partial charge in [0.2, 0.25) is 5.91 Å². The number of rotatable bonds is 5. The summed E-state index contributed by atoms with van der Waals surface area (Å²) in [5, 5.41) is 0.715. The Morgan fingerprint density at radius 3 is 2.36 bits per heavy atom. The van der Waals surface area contributed by atoms with Gasteiger partial charge in [0.25, 0.3) is 0 Å². The highest BCUT2D eigenvalue weighted by atomic mass is 35.5. The van der Waals surface area contributed by atoms with Gasteiger partial charge in [0.1, 0.15) is 0 Å². The van der Waals surface area contributed by atoms with Crippen LogP contribution in [0, 0.1) is 29.1 Å². The van der Waals surface area contributed by atoms with E-state index in [0.29, 0.717) is 35.1 Å². The highest BCUT2D eigenvalue weighted by Gasteiger charge is 2.57. The number of ketones is 1. The molecule has 0 spiro atoms. The smallest absolute Gasteiger partial charge is 0.223 e. The first kappa shape index (κ1) is 18.4. The quantitative estimate of drug-likeness (QED) is 0.651. The molecule has 0 aliphatic heterocycles. The maximum absolute atomic E-state index is 13.0. The van der Waals surface area contributed by atoms with Crippen LogP contribution in [-0.2, 0) is 4.79 Å². The van der Waals surface area contributed by atoms with Gasteiger partial charge in [-0.05, 0) is 85.6 Å². The Morgan fingerprint density at radius 1 is 1.04 bits per heavy atom. The van der Waals surface area contributed by atoms with Gasteiger partial charge in [-0.25, -0.2) is 0 Å². The van der Waals surface area contributed by atoms with Crippen molar-refractivity contribution >= 4 is 34.6 Å². The number of benzene rings is 1. The molecule has 6 rings (SSSR count). The van der Waals surface area contributed by atoms with Crippen LogP contribution in [0.1, 0.15) is 48.2 Å². The van der Waals surface area contributed by atoms with E-state index in [9.17, 15) is 9.59 Å². The minimum Gasteiger partial charge on any atom is -0.369 e. The van der Waals surface area contributed by atoms with Crippen LogP contribution in [-0.4, -0.2) is 11.7 Å². The fourth-order valence-electron chi connectivity index (χ4n) is 6.34. The van der Waals surface area contributed by atoms with Gasteiger partial charge in [-0.2, -0.15) is 0 Å². The van der Waals surface area contributed by atoms with Crippen molar-refractivity contribution in [2.24, 2.45) is 34.8 Å². The minimum atomic E-state index is -0.277. The van der Waals surface area contributed by atoms with Gasteiger partial charge in [0, 0.05) is 21.7 Å². The highest BCUT2D eigenvalue weighted by Crippen LogP contribution is 2.62. The van der Waals surface area contributed by atoms with Crippen LogP contribution in [0.25, 0.3) is 10.4 Å². The Morgan fingerprint density at radius 2 is 1.71 bits per heavy atom. The van der Waals surface area contributed by atoms with E-state index < -0.39 is 0 Å². The zero-order valence-electron chi connectivity index (χ0n) is 15.7. The van der Waals surface area contributed by atoms with Gasteiger partial charge in [-0.3, -0.25) is 9.59 Å². The molecule has 2 N–H and O–H groups in total. The maximum atomic E-state index is 13.0. The normalized spacial score (nSPS) is 33.2. The van der Waals surface area contributed by atoms with Crippen LogP contribution in [0.15, 0.2) is 36.4 Å². The number of carbonyl (C=O) groups is 2. The molecule has 3 nitrogen and oxygen atoms in total. The van der Waals surface area contributed by atoms with Crippen LogP contribution >= 0.6 is 22.9 Å². The van der Waals surface area contributed by atoms with Gasteiger partial charge in [-0.15, -0.1) is 11.3 Å². The van der Waals surface area contributed by atoms with Crippen molar-refractivity contribution < 1.29 is 9.59 Å². The molecule has 4 fully saturated rings. The van der Waals surface area contributed by atoms with E-state index in [2.05, 4.69) is 0 Å². The summed E-state index contributed by atoms with van der Waals surface area (Å²) in [5.74, 6) is 2.15. The fraction of sp³-hybridized carbons (Fsp3) is 0.478. The SMILES string of the molecule is NC(=O)C12CC3CC(C1)C(CC(=O)c1ccc(-c4ccc(Cl)cc4)s1)C(C3)C2. The second kappa shape index (κ2) is 6.70. The lowest BCUT2D eigenvalue weighted by atomic mass is 9.45. The predicted molar refractivity (Wildman–Crippen MR) is 112 cm³/mol. The minimum absolute atomic E-state index is 0.109. The molecular weight excluding hydrogens is 390 g/mol. The summed E-state index contributed by atoms with van der Waals surface area (Å²) >= 11 is 7.54. The summed E-state index contributed by atoms with van der Waals surface area (Å²) in [4.78, 5) is 27.1. The number of hydrogen-bond acceptors (Lipinski definition) is 3. The molecule has 28 heavy (non-hydrogen) atoms. The van der Waals surface area contributed by atoms with Gasteiger partial charge in [0.15, 0.2) is 5.78 Å². The van der Waals surface area contributed by atoms with E-state index in [1.54, 1.807) is 11.3 Å². The van der Waals surface area contributed by atoms with Crippen molar-refractivity contribution in [3.05, 3.63) is 46.3 Å². The van der Waals surface area contributed by atoms with Gasteiger partial charge in [-0.1, -0.05) is 23.7 Å². The van der Waals surface area contributed by atoms with E-state index in [0.717, 1.165) is 34.6 Å². The molecule has 0 radical (unpaired) electrons. The number of Topliss-reactive ketones (excluding diaryl/α,β-unsaturated/α-hetero) is 1. The number of thiophene rings is 1. The second-order valence-electron chi connectivity index (χ2n) is 9.08. The van der Waals surface area contributed by atoms with Crippen LogP contribution < -0.4 is 5.73 Å². The van der Waals surface area contributed by atoms with Crippen LogP contribution in [0.3, 0.4) is 0 Å². The molecule has 146 valence electrons. The van der Waals surface area contributed by atoms with Crippen molar-refractivity contribution in [2.75, 3.05) is 0 Å². The first-order valence-electron chi connectivity index (χ1n) is 10.1. The molecule has 4 aliphatic rings. The molecule has 2 unspecified atom stereocenters. The monoisotopic (exact) mass is 413 g/mol. The second-order valence-corrected chi connectivity index (χ2v) is 10.6. The summed E-state index contributed by atoms with van der Waals surface area (Å²) < 4.78 is 0. The van der Waals surface area contributed by atoms with Gasteiger partial charge < -0.3 is 5.73 Å². The lowest BCUT2D eigenvalue weighted by Gasteiger charge is -2.59. The zero-order chi connectivity index (χ0) is 19.5. The zero-order valence-corrected chi connectivity index (χ0v) is 17.3. The first-order valence-corrected chi connectivity index (χ1v) is 11.3. The third-order valence-corrected chi connectivity index (χ3v) is 8.85. The van der Waals surface area contributed by atoms with Crippen molar-refractivity contribution in [1.82, 2.24) is 0 Å². The third kappa shape index (κ3) is 3.02. The standard InChI is InChI=1S/C23H24ClNO2S/c24-17-3-1-14(2-4-17)20-5-6-21(28-20)19(26)9-18-15-7-13-8-16(18)12-23(10-13,11-15)22(25)27/h1-6,13,15-16,18H,7-12H2,(H2,25,27). The number of nitrogens with two attached hydrogens (primary N) is 1. The van der Waals surface area contributed by atoms with E-state index in [1.165, 1.54) is 12.8 Å². The van der Waals surface area contributed by atoms with Gasteiger partial charge in [0.05, 0.1) is 4.88 Å². The molecule has 5 heteroatoms. The van der Waals surface area contributed by atoms with E-state index in [4.69, 9.17) is 17.3 Å². The molecule has 1 amide bonds. The lowest BCUT2D eigenvalue weighted by Crippen LogP contribution is -2.56. The summed E-state index contributed by atoms with van der Waals surface area (Å²) in [6, 6.07) is 11.7.